The van der Waals surface area contributed by atoms with Crippen molar-refractivity contribution in [3.63, 3.8) is 0 Å². The summed E-state index contributed by atoms with van der Waals surface area (Å²) in [6.45, 7) is 3.11. The lowest BCUT2D eigenvalue weighted by Crippen LogP contribution is -2.37. The summed E-state index contributed by atoms with van der Waals surface area (Å²) >= 11 is 0. The van der Waals surface area contributed by atoms with Gasteiger partial charge in [-0.15, -0.1) is 12.4 Å². The molecule has 4 N–H and O–H groups in total. The van der Waals surface area contributed by atoms with Crippen molar-refractivity contribution in [3.05, 3.63) is 60.2 Å². The molecule has 0 aromatic heterocycles. The second-order valence-corrected chi connectivity index (χ2v) is 8.25. The van der Waals surface area contributed by atoms with Crippen LogP contribution in [0.15, 0.2) is 54.6 Å². The minimum Gasteiger partial charge on any atom is -0.328 e. The second kappa shape index (κ2) is 10.9. The summed E-state index contributed by atoms with van der Waals surface area (Å²) < 4.78 is 0. The third-order valence-corrected chi connectivity index (χ3v) is 6.17. The molecular formula is C25H34ClN3. The molecule has 4 heteroatoms. The monoisotopic (exact) mass is 411 g/mol. The number of benzene rings is 3. The molecule has 0 aliphatic heterocycles. The van der Waals surface area contributed by atoms with Crippen molar-refractivity contribution >= 4 is 34.0 Å². The highest BCUT2D eigenvalue weighted by molar-refractivity contribution is 6.02. The van der Waals surface area contributed by atoms with E-state index in [9.17, 15) is 0 Å². The molecule has 4 rings (SSSR count). The minimum atomic E-state index is 0. The van der Waals surface area contributed by atoms with Gasteiger partial charge >= 0.3 is 0 Å². The van der Waals surface area contributed by atoms with Crippen molar-refractivity contribution in [1.29, 1.82) is 0 Å². The third-order valence-electron chi connectivity index (χ3n) is 6.17. The Hall–Kier alpha value is -1.65. The van der Waals surface area contributed by atoms with Gasteiger partial charge in [-0.1, -0.05) is 48.5 Å². The fourth-order valence-corrected chi connectivity index (χ4v) is 4.52. The lowest BCUT2D eigenvalue weighted by molar-refractivity contribution is 0.341. The van der Waals surface area contributed by atoms with Gasteiger partial charge in [-0.05, 0) is 84.8 Å². The summed E-state index contributed by atoms with van der Waals surface area (Å²) in [6.07, 6.45) is 7.28. The summed E-state index contributed by atoms with van der Waals surface area (Å²) in [4.78, 5) is 0. The molecular weight excluding hydrogens is 378 g/mol. The smallest absolute Gasteiger partial charge is 0.0217 e. The number of nitrogens with two attached hydrogens (primary N) is 1. The van der Waals surface area contributed by atoms with Crippen molar-refractivity contribution in [1.82, 2.24) is 10.6 Å². The van der Waals surface area contributed by atoms with Crippen LogP contribution >= 0.6 is 12.4 Å². The molecule has 156 valence electrons. The van der Waals surface area contributed by atoms with E-state index in [2.05, 4.69) is 65.2 Å². The van der Waals surface area contributed by atoms with Gasteiger partial charge in [0.25, 0.3) is 0 Å². The predicted octanol–water partition coefficient (Wildman–Crippen LogP) is 5.14. The first-order chi connectivity index (χ1) is 13.8. The van der Waals surface area contributed by atoms with E-state index in [1.165, 1.54) is 65.6 Å². The molecule has 0 amide bonds. The van der Waals surface area contributed by atoms with E-state index < -0.39 is 0 Å². The molecule has 3 aromatic rings. The minimum absolute atomic E-state index is 0. The Bertz CT molecular complexity index is 849. The first-order valence-corrected chi connectivity index (χ1v) is 10.9. The van der Waals surface area contributed by atoms with Gasteiger partial charge in [-0.25, -0.2) is 0 Å². The Morgan fingerprint density at radius 1 is 0.793 bits per heavy atom. The summed E-state index contributed by atoms with van der Waals surface area (Å²) in [6, 6.07) is 20.9. The largest absolute Gasteiger partial charge is 0.328 e. The van der Waals surface area contributed by atoms with E-state index in [1.807, 2.05) is 0 Å². The number of hydrogen-bond donors (Lipinski definition) is 3. The van der Waals surface area contributed by atoms with Gasteiger partial charge < -0.3 is 16.4 Å². The molecule has 1 saturated carbocycles. The Morgan fingerprint density at radius 3 is 2.03 bits per heavy atom. The van der Waals surface area contributed by atoms with Crippen molar-refractivity contribution in [2.75, 3.05) is 13.1 Å². The first kappa shape index (κ1) is 22.0. The molecule has 1 aliphatic carbocycles. The second-order valence-electron chi connectivity index (χ2n) is 8.25. The predicted molar refractivity (Wildman–Crippen MR) is 128 cm³/mol. The fraction of sp³-hybridized carbons (Fsp3) is 0.440. The quantitative estimate of drug-likeness (QED) is 0.355. The van der Waals surface area contributed by atoms with E-state index in [4.69, 9.17) is 5.73 Å². The van der Waals surface area contributed by atoms with Gasteiger partial charge in [-0.2, -0.15) is 0 Å². The van der Waals surface area contributed by atoms with Crippen LogP contribution in [0.3, 0.4) is 0 Å². The summed E-state index contributed by atoms with van der Waals surface area (Å²) in [5, 5.41) is 12.8. The number of fused-ring (bicyclic) bond motifs is 2. The Kier molecular flexibility index (Phi) is 8.31. The van der Waals surface area contributed by atoms with Crippen molar-refractivity contribution in [2.24, 2.45) is 5.73 Å². The molecule has 0 bridgehead atoms. The molecule has 1 aliphatic rings. The molecule has 29 heavy (non-hydrogen) atoms. The van der Waals surface area contributed by atoms with Gasteiger partial charge in [0, 0.05) is 18.6 Å². The zero-order valence-corrected chi connectivity index (χ0v) is 18.0. The SMILES string of the molecule is Cl.NC1CCC(NCCCCNCc2c3ccccc3cc3ccccc23)CC1. The van der Waals surface area contributed by atoms with Gasteiger partial charge in [0.1, 0.15) is 0 Å². The number of nitrogens with one attached hydrogen (secondary N) is 2. The topological polar surface area (TPSA) is 50.1 Å². The van der Waals surface area contributed by atoms with Crippen molar-refractivity contribution in [2.45, 2.75) is 57.2 Å². The Labute approximate surface area is 180 Å². The molecule has 0 heterocycles. The van der Waals surface area contributed by atoms with Gasteiger partial charge in [-0.3, -0.25) is 0 Å². The van der Waals surface area contributed by atoms with E-state index >= 15 is 0 Å². The number of halogens is 1. The molecule has 3 nitrogen and oxygen atoms in total. The molecule has 0 saturated heterocycles. The zero-order chi connectivity index (χ0) is 19.2. The van der Waals surface area contributed by atoms with Crippen LogP contribution in [-0.2, 0) is 6.54 Å². The lowest BCUT2D eigenvalue weighted by Gasteiger charge is -2.26. The average Bonchev–Trinajstić information content (AvgIpc) is 2.73. The van der Waals surface area contributed by atoms with E-state index in [-0.39, 0.29) is 12.4 Å². The van der Waals surface area contributed by atoms with E-state index in [1.54, 1.807) is 0 Å². The van der Waals surface area contributed by atoms with E-state index in [0.29, 0.717) is 12.1 Å². The third kappa shape index (κ3) is 5.70. The van der Waals surface area contributed by atoms with Crippen molar-refractivity contribution in [3.8, 4) is 0 Å². The van der Waals surface area contributed by atoms with Crippen LogP contribution in [0.4, 0.5) is 0 Å². The molecule has 0 atom stereocenters. The normalized spacial score (nSPS) is 19.3. The summed E-state index contributed by atoms with van der Waals surface area (Å²) in [7, 11) is 0. The number of rotatable bonds is 8. The first-order valence-electron chi connectivity index (χ1n) is 10.9. The zero-order valence-electron chi connectivity index (χ0n) is 17.2. The highest BCUT2D eigenvalue weighted by Crippen LogP contribution is 2.28. The molecule has 0 radical (unpaired) electrons. The van der Waals surface area contributed by atoms with Crippen molar-refractivity contribution < 1.29 is 0 Å². The maximum Gasteiger partial charge on any atom is 0.0217 e. The van der Waals surface area contributed by atoms with Gasteiger partial charge in [0.2, 0.25) is 0 Å². The van der Waals surface area contributed by atoms with Crippen LogP contribution < -0.4 is 16.4 Å². The highest BCUT2D eigenvalue weighted by atomic mass is 35.5. The molecule has 0 spiro atoms. The highest BCUT2D eigenvalue weighted by Gasteiger charge is 2.17. The van der Waals surface area contributed by atoms with Gasteiger partial charge in [0.15, 0.2) is 0 Å². The van der Waals surface area contributed by atoms with Crippen LogP contribution in [-0.4, -0.2) is 25.2 Å². The van der Waals surface area contributed by atoms with Crippen LogP contribution in [0.5, 0.6) is 0 Å². The summed E-state index contributed by atoms with van der Waals surface area (Å²) in [5.74, 6) is 0. The Balaban J connectivity index is 0.00000240. The maximum atomic E-state index is 5.99. The van der Waals surface area contributed by atoms with Crippen LogP contribution in [0.2, 0.25) is 0 Å². The Morgan fingerprint density at radius 2 is 1.38 bits per heavy atom. The standard InChI is InChI=1S/C25H33N3.ClH/c26-21-11-13-22(14-12-21)28-16-6-5-15-27-18-25-23-9-3-1-7-19(23)17-20-8-2-4-10-24(20)25;/h1-4,7-10,17,21-22,27-28H,5-6,11-16,18,26H2;1H. The van der Waals surface area contributed by atoms with Crippen LogP contribution in [0.25, 0.3) is 21.5 Å². The molecule has 1 fully saturated rings. The maximum absolute atomic E-state index is 5.99. The molecule has 0 unspecified atom stereocenters. The fourth-order valence-electron chi connectivity index (χ4n) is 4.52. The number of unbranched alkanes of at least 4 members (excludes halogenated alkanes) is 1. The molecule has 3 aromatic carbocycles. The average molecular weight is 412 g/mol. The number of hydrogen-bond acceptors (Lipinski definition) is 3. The lowest BCUT2D eigenvalue weighted by atomic mass is 9.92. The van der Waals surface area contributed by atoms with E-state index in [0.717, 1.165) is 19.6 Å². The van der Waals surface area contributed by atoms with Gasteiger partial charge in [0.05, 0.1) is 0 Å². The van der Waals surface area contributed by atoms with Crippen LogP contribution in [0.1, 0.15) is 44.1 Å². The summed E-state index contributed by atoms with van der Waals surface area (Å²) in [5.41, 5.74) is 7.41. The van der Waals surface area contributed by atoms with Crippen LogP contribution in [0, 0.1) is 0 Å².